The Balaban J connectivity index is 1.56. The minimum atomic E-state index is -3.34. The van der Waals surface area contributed by atoms with Crippen LogP contribution in [0.2, 0.25) is 0 Å². The molecule has 3 heterocycles. The number of nitrogens with one attached hydrogen (secondary N) is 1. The number of hydrogen-bond acceptors (Lipinski definition) is 5. The van der Waals surface area contributed by atoms with Gasteiger partial charge in [-0.3, -0.25) is 9.59 Å². The maximum absolute atomic E-state index is 12.8. The summed E-state index contributed by atoms with van der Waals surface area (Å²) in [6.45, 7) is 2.00. The molecule has 1 aliphatic carbocycles. The lowest BCUT2D eigenvalue weighted by Crippen LogP contribution is -2.49. The lowest BCUT2D eigenvalue weighted by Gasteiger charge is -2.44. The SMILES string of the molecule is CNC(=O)[C@@]12CCC3(CCN(C(=O)c4ccsc4)CC3)[C@@H]1CN(S(C)(=O)=O)C2. The van der Waals surface area contributed by atoms with Crippen molar-refractivity contribution in [1.82, 2.24) is 14.5 Å². The van der Waals surface area contributed by atoms with Gasteiger partial charge in [-0.25, -0.2) is 12.7 Å². The summed E-state index contributed by atoms with van der Waals surface area (Å²) in [5, 5.41) is 6.57. The first-order valence-corrected chi connectivity index (χ1v) is 12.5. The van der Waals surface area contributed by atoms with Gasteiger partial charge in [-0.15, -0.1) is 0 Å². The topological polar surface area (TPSA) is 86.8 Å². The molecule has 3 aliphatic rings. The highest BCUT2D eigenvalue weighted by atomic mass is 32.2. The first-order valence-electron chi connectivity index (χ1n) is 9.71. The summed E-state index contributed by atoms with van der Waals surface area (Å²) in [6, 6.07) is 1.85. The van der Waals surface area contributed by atoms with Crippen LogP contribution in [-0.4, -0.2) is 68.9 Å². The molecular formula is C19H27N3O4S2. The molecule has 1 aromatic heterocycles. The second-order valence-corrected chi connectivity index (χ2v) is 11.3. The second-order valence-electron chi connectivity index (χ2n) is 8.51. The molecule has 2 amide bonds. The van der Waals surface area contributed by atoms with Crippen molar-refractivity contribution < 1.29 is 18.0 Å². The summed E-state index contributed by atoms with van der Waals surface area (Å²) in [7, 11) is -1.71. The Labute approximate surface area is 170 Å². The summed E-state index contributed by atoms with van der Waals surface area (Å²) < 4.78 is 25.9. The predicted molar refractivity (Wildman–Crippen MR) is 108 cm³/mol. The van der Waals surface area contributed by atoms with E-state index in [0.29, 0.717) is 26.1 Å². The first-order chi connectivity index (χ1) is 13.2. The van der Waals surface area contributed by atoms with Gasteiger partial charge in [0.05, 0.1) is 17.2 Å². The van der Waals surface area contributed by atoms with E-state index in [0.717, 1.165) is 24.8 Å². The fourth-order valence-corrected chi connectivity index (χ4v) is 7.23. The third kappa shape index (κ3) is 2.98. The second kappa shape index (κ2) is 6.81. The largest absolute Gasteiger partial charge is 0.359 e. The van der Waals surface area contributed by atoms with Crippen LogP contribution in [0.3, 0.4) is 0 Å². The highest BCUT2D eigenvalue weighted by Gasteiger charge is 2.65. The maximum Gasteiger partial charge on any atom is 0.254 e. The smallest absolute Gasteiger partial charge is 0.254 e. The van der Waals surface area contributed by atoms with Gasteiger partial charge in [-0.05, 0) is 48.5 Å². The minimum absolute atomic E-state index is 0.00748. The highest BCUT2D eigenvalue weighted by molar-refractivity contribution is 7.88. The van der Waals surface area contributed by atoms with E-state index in [2.05, 4.69) is 5.32 Å². The molecule has 1 saturated carbocycles. The normalized spacial score (nSPS) is 29.8. The Bertz CT molecular complexity index is 875. The number of nitrogens with zero attached hydrogens (tertiary/aromatic N) is 2. The molecule has 3 fully saturated rings. The Morgan fingerprint density at radius 1 is 1.21 bits per heavy atom. The van der Waals surface area contributed by atoms with Crippen molar-refractivity contribution in [3.63, 3.8) is 0 Å². The van der Waals surface area contributed by atoms with Gasteiger partial charge in [0.15, 0.2) is 0 Å². The maximum atomic E-state index is 12.8. The standard InChI is InChI=1S/C19H27N3O4S2/c1-20-17(24)19-5-4-18(15(19)11-22(13-19)28(2,25)26)6-8-21(9-7-18)16(23)14-3-10-27-12-14/h3,10,12,15H,4-9,11,13H2,1-2H3,(H,20,24)/t15-,19+/m0/s1. The first kappa shape index (κ1) is 19.8. The number of amides is 2. The molecule has 9 heteroatoms. The van der Waals surface area contributed by atoms with Crippen LogP contribution in [0.5, 0.6) is 0 Å². The van der Waals surface area contributed by atoms with Gasteiger partial charge >= 0.3 is 0 Å². The number of rotatable bonds is 3. The van der Waals surface area contributed by atoms with Gasteiger partial charge in [-0.1, -0.05) is 0 Å². The lowest BCUT2D eigenvalue weighted by atomic mass is 9.65. The van der Waals surface area contributed by atoms with Gasteiger partial charge in [0, 0.05) is 38.6 Å². The molecule has 2 atom stereocenters. The van der Waals surface area contributed by atoms with Crippen molar-refractivity contribution in [1.29, 1.82) is 0 Å². The van der Waals surface area contributed by atoms with Crippen molar-refractivity contribution in [2.24, 2.45) is 16.7 Å². The zero-order valence-electron chi connectivity index (χ0n) is 16.3. The average Bonchev–Trinajstić information content (AvgIpc) is 3.38. The van der Waals surface area contributed by atoms with E-state index < -0.39 is 15.4 Å². The van der Waals surface area contributed by atoms with Crippen molar-refractivity contribution >= 4 is 33.2 Å². The van der Waals surface area contributed by atoms with E-state index >= 15 is 0 Å². The zero-order valence-corrected chi connectivity index (χ0v) is 17.9. The highest BCUT2D eigenvalue weighted by Crippen LogP contribution is 2.62. The number of carbonyl (C=O) groups is 2. The average molecular weight is 426 g/mol. The molecule has 1 N–H and O–H groups in total. The Hall–Kier alpha value is -1.45. The predicted octanol–water partition coefficient (Wildman–Crippen LogP) is 1.39. The molecule has 7 nitrogen and oxygen atoms in total. The van der Waals surface area contributed by atoms with Crippen molar-refractivity contribution in [2.75, 3.05) is 39.5 Å². The molecule has 4 rings (SSSR count). The van der Waals surface area contributed by atoms with Crippen LogP contribution in [0.1, 0.15) is 36.0 Å². The van der Waals surface area contributed by atoms with Crippen LogP contribution in [0, 0.1) is 16.7 Å². The summed E-state index contributed by atoms with van der Waals surface area (Å²) in [6.07, 6.45) is 4.50. The third-order valence-electron chi connectivity index (χ3n) is 7.28. The number of hydrogen-bond donors (Lipinski definition) is 1. The molecule has 0 unspecified atom stereocenters. The number of thiophene rings is 1. The van der Waals surface area contributed by atoms with Crippen LogP contribution < -0.4 is 5.32 Å². The lowest BCUT2D eigenvalue weighted by molar-refractivity contribution is -0.132. The van der Waals surface area contributed by atoms with Crippen molar-refractivity contribution in [2.45, 2.75) is 25.7 Å². The van der Waals surface area contributed by atoms with Crippen LogP contribution in [-0.2, 0) is 14.8 Å². The Kier molecular flexibility index (Phi) is 4.83. The van der Waals surface area contributed by atoms with Gasteiger partial charge < -0.3 is 10.2 Å². The number of piperidine rings is 1. The number of carbonyl (C=O) groups excluding carboxylic acids is 2. The van der Waals surface area contributed by atoms with Crippen molar-refractivity contribution in [3.8, 4) is 0 Å². The molecule has 1 spiro atoms. The zero-order chi connectivity index (χ0) is 20.2. The molecule has 0 radical (unpaired) electrons. The Morgan fingerprint density at radius 2 is 1.93 bits per heavy atom. The summed E-state index contributed by atoms with van der Waals surface area (Å²) >= 11 is 1.52. The van der Waals surface area contributed by atoms with Crippen LogP contribution in [0.25, 0.3) is 0 Å². The fourth-order valence-electron chi connectivity index (χ4n) is 5.71. The van der Waals surface area contributed by atoms with Gasteiger partial charge in [0.1, 0.15) is 0 Å². The fraction of sp³-hybridized carbons (Fsp3) is 0.684. The molecule has 28 heavy (non-hydrogen) atoms. The Morgan fingerprint density at radius 3 is 2.50 bits per heavy atom. The molecule has 154 valence electrons. The molecule has 2 saturated heterocycles. The molecule has 0 aromatic carbocycles. The summed E-state index contributed by atoms with van der Waals surface area (Å²) in [4.78, 5) is 27.4. The number of likely N-dealkylation sites (tertiary alicyclic amines) is 1. The third-order valence-corrected chi connectivity index (χ3v) is 9.18. The van der Waals surface area contributed by atoms with E-state index in [1.165, 1.54) is 21.9 Å². The van der Waals surface area contributed by atoms with E-state index in [1.54, 1.807) is 7.05 Å². The minimum Gasteiger partial charge on any atom is -0.359 e. The summed E-state index contributed by atoms with van der Waals surface area (Å²) in [5.41, 5.74) is 0.0190. The number of fused-ring (bicyclic) bond motifs is 2. The van der Waals surface area contributed by atoms with Crippen LogP contribution in [0.15, 0.2) is 16.8 Å². The van der Waals surface area contributed by atoms with E-state index in [4.69, 9.17) is 0 Å². The molecule has 1 aromatic rings. The van der Waals surface area contributed by atoms with E-state index in [9.17, 15) is 18.0 Å². The van der Waals surface area contributed by atoms with Crippen LogP contribution in [0.4, 0.5) is 0 Å². The summed E-state index contributed by atoms with van der Waals surface area (Å²) in [5.74, 6) is 0.0289. The number of sulfonamides is 1. The van der Waals surface area contributed by atoms with Crippen molar-refractivity contribution in [3.05, 3.63) is 22.4 Å². The molecule has 0 bridgehead atoms. The molecular weight excluding hydrogens is 398 g/mol. The quantitative estimate of drug-likeness (QED) is 0.793. The monoisotopic (exact) mass is 425 g/mol. The van der Waals surface area contributed by atoms with E-state index in [1.807, 2.05) is 21.7 Å². The molecule has 2 aliphatic heterocycles. The van der Waals surface area contributed by atoms with Gasteiger partial charge in [-0.2, -0.15) is 11.3 Å². The van der Waals surface area contributed by atoms with Gasteiger partial charge in [0.25, 0.3) is 5.91 Å². The van der Waals surface area contributed by atoms with Crippen LogP contribution >= 0.6 is 11.3 Å². The van der Waals surface area contributed by atoms with E-state index in [-0.39, 0.29) is 29.7 Å². The van der Waals surface area contributed by atoms with Gasteiger partial charge in [0.2, 0.25) is 15.9 Å².